The van der Waals surface area contributed by atoms with Crippen molar-refractivity contribution < 1.29 is 23.5 Å². The van der Waals surface area contributed by atoms with Crippen LogP contribution < -0.4 is 10.1 Å². The lowest BCUT2D eigenvalue weighted by Crippen LogP contribution is -2.62. The molecule has 2 aliphatic rings. The molecule has 2 aliphatic heterocycles. The fourth-order valence-corrected chi connectivity index (χ4v) is 5.05. The number of nitrogens with zero attached hydrogens (tertiary/aromatic N) is 1. The van der Waals surface area contributed by atoms with Gasteiger partial charge in [-0.1, -0.05) is 29.3 Å². The number of rotatable bonds is 5. The number of halogens is 3. The van der Waals surface area contributed by atoms with Gasteiger partial charge in [-0.15, -0.1) is 0 Å². The Kier molecular flexibility index (Phi) is 7.24. The SMILES string of the molecule is CN(C(=O)Oc1ccc(F)cc1)[C@]1(C(=O)C2CCOCC2)CNC[C@H]1c1ccc(Cl)c(Cl)c1. The molecule has 2 aromatic carbocycles. The van der Waals surface area contributed by atoms with Gasteiger partial charge in [0.15, 0.2) is 5.78 Å². The third kappa shape index (κ3) is 4.73. The van der Waals surface area contributed by atoms with Crippen molar-refractivity contribution in [2.24, 2.45) is 5.92 Å². The van der Waals surface area contributed by atoms with Crippen molar-refractivity contribution in [3.05, 3.63) is 63.9 Å². The minimum Gasteiger partial charge on any atom is -0.410 e. The second kappa shape index (κ2) is 9.97. The molecule has 1 N–H and O–H groups in total. The average Bonchev–Trinajstić information content (AvgIpc) is 3.28. The summed E-state index contributed by atoms with van der Waals surface area (Å²) in [7, 11) is 1.57. The van der Waals surface area contributed by atoms with E-state index < -0.39 is 17.4 Å². The molecule has 2 heterocycles. The van der Waals surface area contributed by atoms with Crippen molar-refractivity contribution in [3.63, 3.8) is 0 Å². The Morgan fingerprint density at radius 2 is 1.82 bits per heavy atom. The maximum atomic E-state index is 14.0. The number of ketones is 1. The molecule has 4 rings (SSSR count). The highest BCUT2D eigenvalue weighted by Gasteiger charge is 2.56. The molecule has 2 atom stereocenters. The predicted molar refractivity (Wildman–Crippen MR) is 124 cm³/mol. The van der Waals surface area contributed by atoms with Gasteiger partial charge in [0.05, 0.1) is 10.0 Å². The molecule has 0 bridgehead atoms. The quantitative estimate of drug-likeness (QED) is 0.653. The zero-order valence-corrected chi connectivity index (χ0v) is 19.7. The first kappa shape index (κ1) is 24.0. The van der Waals surface area contributed by atoms with Gasteiger partial charge in [0.1, 0.15) is 17.1 Å². The molecule has 9 heteroatoms. The number of likely N-dealkylation sites (N-methyl/N-ethyl adjacent to an activating group) is 1. The van der Waals surface area contributed by atoms with Gasteiger partial charge < -0.3 is 14.8 Å². The van der Waals surface area contributed by atoms with Gasteiger partial charge in [-0.25, -0.2) is 9.18 Å². The second-order valence-electron chi connectivity index (χ2n) is 8.41. The Hall–Kier alpha value is -2.19. The normalized spacial score (nSPS) is 23.3. The maximum absolute atomic E-state index is 14.0. The van der Waals surface area contributed by atoms with E-state index in [4.69, 9.17) is 32.7 Å². The molecule has 0 aromatic heterocycles. The van der Waals surface area contributed by atoms with Crippen molar-refractivity contribution in [1.82, 2.24) is 10.2 Å². The van der Waals surface area contributed by atoms with Crippen LogP contribution in [0, 0.1) is 11.7 Å². The highest BCUT2D eigenvalue weighted by Crippen LogP contribution is 2.42. The highest BCUT2D eigenvalue weighted by molar-refractivity contribution is 6.42. The van der Waals surface area contributed by atoms with Crippen LogP contribution in [-0.2, 0) is 9.53 Å². The molecule has 2 saturated heterocycles. The third-order valence-corrected chi connectivity index (χ3v) is 7.31. The van der Waals surface area contributed by atoms with E-state index in [0.29, 0.717) is 42.6 Å². The molecule has 0 aliphatic carbocycles. The van der Waals surface area contributed by atoms with Crippen LogP contribution in [0.25, 0.3) is 0 Å². The van der Waals surface area contributed by atoms with Gasteiger partial charge in [0.2, 0.25) is 0 Å². The smallest absolute Gasteiger partial charge is 0.410 e. The van der Waals surface area contributed by atoms with Gasteiger partial charge in [-0.05, 0) is 54.8 Å². The molecule has 6 nitrogen and oxygen atoms in total. The summed E-state index contributed by atoms with van der Waals surface area (Å²) in [4.78, 5) is 28.7. The fraction of sp³-hybridized carbons (Fsp3) is 0.417. The molecule has 2 aromatic rings. The molecular formula is C24H25Cl2FN2O4. The van der Waals surface area contributed by atoms with E-state index in [2.05, 4.69) is 5.32 Å². The van der Waals surface area contributed by atoms with Crippen LogP contribution in [0.2, 0.25) is 10.0 Å². The van der Waals surface area contributed by atoms with Gasteiger partial charge >= 0.3 is 6.09 Å². The van der Waals surface area contributed by atoms with Crippen molar-refractivity contribution in [3.8, 4) is 5.75 Å². The first-order valence-corrected chi connectivity index (χ1v) is 11.6. The molecule has 2 fully saturated rings. The molecule has 1 amide bonds. The zero-order valence-electron chi connectivity index (χ0n) is 18.2. The van der Waals surface area contributed by atoms with Gasteiger partial charge in [0, 0.05) is 45.2 Å². The summed E-state index contributed by atoms with van der Waals surface area (Å²) in [6.07, 6.45) is 0.487. The first-order chi connectivity index (χ1) is 15.8. The highest BCUT2D eigenvalue weighted by atomic mass is 35.5. The first-order valence-electron chi connectivity index (χ1n) is 10.8. The number of carbonyl (C=O) groups excluding carboxylic acids is 2. The summed E-state index contributed by atoms with van der Waals surface area (Å²) >= 11 is 12.4. The number of hydrogen-bond donors (Lipinski definition) is 1. The summed E-state index contributed by atoms with van der Waals surface area (Å²) in [6, 6.07) is 10.4. The van der Waals surface area contributed by atoms with Crippen molar-refractivity contribution in [2.75, 3.05) is 33.4 Å². The zero-order chi connectivity index (χ0) is 23.6. The lowest BCUT2D eigenvalue weighted by molar-refractivity contribution is -0.136. The van der Waals surface area contributed by atoms with Crippen molar-refractivity contribution in [1.29, 1.82) is 0 Å². The molecule has 0 spiro atoms. The Morgan fingerprint density at radius 1 is 1.12 bits per heavy atom. The number of ether oxygens (including phenoxy) is 2. The largest absolute Gasteiger partial charge is 0.415 e. The number of nitrogens with one attached hydrogen (secondary N) is 1. The van der Waals surface area contributed by atoms with Crippen LogP contribution >= 0.6 is 23.2 Å². The summed E-state index contributed by atoms with van der Waals surface area (Å²) in [5, 5.41) is 4.09. The number of hydrogen-bond acceptors (Lipinski definition) is 5. The van der Waals surface area contributed by atoms with Crippen LogP contribution in [0.5, 0.6) is 5.75 Å². The van der Waals surface area contributed by atoms with Crippen LogP contribution in [-0.4, -0.2) is 55.7 Å². The maximum Gasteiger partial charge on any atom is 0.415 e. The van der Waals surface area contributed by atoms with E-state index in [-0.39, 0.29) is 29.9 Å². The predicted octanol–water partition coefficient (Wildman–Crippen LogP) is 4.68. The number of amides is 1. The lowest BCUT2D eigenvalue weighted by atomic mass is 9.72. The van der Waals surface area contributed by atoms with Gasteiger partial charge in [0.25, 0.3) is 0 Å². The standard InChI is InChI=1S/C24H25Cl2FN2O4/c1-29(23(31)33-18-5-3-17(27)4-6-18)24(22(30)15-8-10-32-11-9-15)14-28-13-19(24)16-2-7-20(25)21(26)12-16/h2-7,12,15,19,28H,8-11,13-14H2,1H3/t19-,24+/m0/s1. The van der Waals surface area contributed by atoms with Gasteiger partial charge in [-0.2, -0.15) is 0 Å². The topological polar surface area (TPSA) is 67.9 Å². The number of benzene rings is 2. The monoisotopic (exact) mass is 494 g/mol. The summed E-state index contributed by atoms with van der Waals surface area (Å²) < 4.78 is 24.2. The Balaban J connectivity index is 1.71. The Bertz CT molecular complexity index is 1030. The van der Waals surface area contributed by atoms with Crippen LogP contribution in [0.3, 0.4) is 0 Å². The minimum absolute atomic E-state index is 0.0366. The van der Waals surface area contributed by atoms with Crippen molar-refractivity contribution in [2.45, 2.75) is 24.3 Å². The minimum atomic E-state index is -1.20. The van der Waals surface area contributed by atoms with E-state index in [1.165, 1.54) is 29.2 Å². The summed E-state index contributed by atoms with van der Waals surface area (Å²) in [5.74, 6) is -0.892. The van der Waals surface area contributed by atoms with E-state index in [1.807, 2.05) is 6.07 Å². The van der Waals surface area contributed by atoms with E-state index >= 15 is 0 Å². The molecular weight excluding hydrogens is 470 g/mol. The number of carbonyl (C=O) groups is 2. The average molecular weight is 495 g/mol. The van der Waals surface area contributed by atoms with E-state index in [1.54, 1.807) is 19.2 Å². The fourth-order valence-electron chi connectivity index (χ4n) is 4.75. The molecule has 0 radical (unpaired) electrons. The van der Waals surface area contributed by atoms with Crippen LogP contribution in [0.4, 0.5) is 9.18 Å². The third-order valence-electron chi connectivity index (χ3n) is 6.58. The molecule has 176 valence electrons. The summed E-state index contributed by atoms with van der Waals surface area (Å²) in [6.45, 7) is 1.74. The molecule has 33 heavy (non-hydrogen) atoms. The van der Waals surface area contributed by atoms with Crippen molar-refractivity contribution >= 4 is 35.1 Å². The van der Waals surface area contributed by atoms with Gasteiger partial charge in [-0.3, -0.25) is 9.69 Å². The number of Topliss-reactive ketones (excluding diaryl/α,β-unsaturated/α-hetero) is 1. The lowest BCUT2D eigenvalue weighted by Gasteiger charge is -2.43. The summed E-state index contributed by atoms with van der Waals surface area (Å²) in [5.41, 5.74) is -0.396. The second-order valence-corrected chi connectivity index (χ2v) is 9.23. The van der Waals surface area contributed by atoms with Crippen LogP contribution in [0.15, 0.2) is 42.5 Å². The van der Waals surface area contributed by atoms with E-state index in [0.717, 1.165) is 5.56 Å². The Labute approximate surface area is 201 Å². The molecule has 0 unspecified atom stereocenters. The molecule has 0 saturated carbocycles. The van der Waals surface area contributed by atoms with E-state index in [9.17, 15) is 14.0 Å². The van der Waals surface area contributed by atoms with Crippen LogP contribution in [0.1, 0.15) is 24.3 Å². The Morgan fingerprint density at radius 3 is 2.48 bits per heavy atom.